The second kappa shape index (κ2) is 5.96. The van der Waals surface area contributed by atoms with E-state index < -0.39 is 0 Å². The molecule has 0 aliphatic carbocycles. The fraction of sp³-hybridized carbons (Fsp3) is 1.00. The van der Waals surface area contributed by atoms with Crippen LogP contribution in [-0.4, -0.2) is 31.7 Å². The predicted molar refractivity (Wildman–Crippen MR) is 44.7 cm³/mol. The Morgan fingerprint density at radius 3 is 2.50 bits per heavy atom. The molecule has 0 amide bonds. The van der Waals surface area contributed by atoms with Crippen LogP contribution in [0, 0.1) is 0 Å². The van der Waals surface area contributed by atoms with Crippen molar-refractivity contribution in [3.63, 3.8) is 0 Å². The number of rotatable bonds is 5. The van der Waals surface area contributed by atoms with Gasteiger partial charge in [-0.25, -0.2) is 0 Å². The number of methoxy groups -OCH3 is 1. The molecule has 0 saturated heterocycles. The molecule has 1 N–H and O–H groups in total. The summed E-state index contributed by atoms with van der Waals surface area (Å²) >= 11 is 5.72. The first kappa shape index (κ1) is 10.2. The molecule has 0 aliphatic heterocycles. The Bertz CT molecular complexity index is 78.0. The normalized spacial score (nSPS) is 16.8. The van der Waals surface area contributed by atoms with E-state index in [4.69, 9.17) is 16.3 Å². The number of hydrogen-bond acceptors (Lipinski definition) is 2. The van der Waals surface area contributed by atoms with Gasteiger partial charge in [-0.05, 0) is 13.8 Å². The zero-order valence-electron chi connectivity index (χ0n) is 6.86. The maximum atomic E-state index is 5.72. The standard InChI is InChI=1S/C7H16ClNO/c1-6(8)4-9-7(2)5-10-3/h6-7,9H,4-5H2,1-3H3. The van der Waals surface area contributed by atoms with Crippen molar-refractivity contribution in [2.75, 3.05) is 20.3 Å². The quantitative estimate of drug-likeness (QED) is 0.619. The number of hydrogen-bond donors (Lipinski definition) is 1. The van der Waals surface area contributed by atoms with E-state index in [0.29, 0.717) is 6.04 Å². The van der Waals surface area contributed by atoms with Crippen molar-refractivity contribution in [2.45, 2.75) is 25.3 Å². The highest BCUT2D eigenvalue weighted by Gasteiger charge is 2.01. The van der Waals surface area contributed by atoms with Crippen LogP contribution >= 0.6 is 11.6 Å². The molecule has 0 aromatic heterocycles. The van der Waals surface area contributed by atoms with E-state index in [1.165, 1.54) is 0 Å². The Morgan fingerprint density at radius 2 is 2.10 bits per heavy atom. The minimum atomic E-state index is 0.194. The molecule has 3 heteroatoms. The van der Waals surface area contributed by atoms with Crippen molar-refractivity contribution in [1.82, 2.24) is 5.32 Å². The summed E-state index contributed by atoms with van der Waals surface area (Å²) in [5.74, 6) is 0. The maximum absolute atomic E-state index is 5.72. The molecule has 2 unspecified atom stereocenters. The van der Waals surface area contributed by atoms with Gasteiger partial charge in [0.25, 0.3) is 0 Å². The van der Waals surface area contributed by atoms with Crippen LogP contribution in [0.4, 0.5) is 0 Å². The fourth-order valence-corrected chi connectivity index (χ4v) is 0.762. The number of alkyl halides is 1. The van der Waals surface area contributed by atoms with Gasteiger partial charge in [-0.2, -0.15) is 0 Å². The zero-order valence-corrected chi connectivity index (χ0v) is 7.61. The summed E-state index contributed by atoms with van der Waals surface area (Å²) in [5.41, 5.74) is 0. The summed E-state index contributed by atoms with van der Waals surface area (Å²) in [6.07, 6.45) is 0. The van der Waals surface area contributed by atoms with Crippen LogP contribution < -0.4 is 5.32 Å². The van der Waals surface area contributed by atoms with Gasteiger partial charge in [-0.1, -0.05) is 0 Å². The van der Waals surface area contributed by atoms with Crippen molar-refractivity contribution in [1.29, 1.82) is 0 Å². The van der Waals surface area contributed by atoms with Gasteiger partial charge < -0.3 is 10.1 Å². The highest BCUT2D eigenvalue weighted by molar-refractivity contribution is 6.20. The summed E-state index contributed by atoms with van der Waals surface area (Å²) in [4.78, 5) is 0. The molecule has 2 atom stereocenters. The molecule has 0 heterocycles. The fourth-order valence-electron chi connectivity index (χ4n) is 0.673. The van der Waals surface area contributed by atoms with Crippen molar-refractivity contribution in [3.05, 3.63) is 0 Å². The first-order valence-electron chi connectivity index (χ1n) is 3.53. The average Bonchev–Trinajstić information content (AvgIpc) is 1.85. The van der Waals surface area contributed by atoms with Crippen molar-refractivity contribution in [3.8, 4) is 0 Å². The van der Waals surface area contributed by atoms with Gasteiger partial charge in [0, 0.05) is 25.1 Å². The first-order chi connectivity index (χ1) is 4.66. The van der Waals surface area contributed by atoms with Crippen LogP contribution in [0.25, 0.3) is 0 Å². The van der Waals surface area contributed by atoms with Gasteiger partial charge in [0.1, 0.15) is 0 Å². The molecular formula is C7H16ClNO. The van der Waals surface area contributed by atoms with Gasteiger partial charge in [-0.15, -0.1) is 11.6 Å². The smallest absolute Gasteiger partial charge is 0.0613 e. The maximum Gasteiger partial charge on any atom is 0.0613 e. The summed E-state index contributed by atoms with van der Waals surface area (Å²) in [7, 11) is 1.70. The molecule has 0 saturated carbocycles. The Hall–Kier alpha value is 0.210. The zero-order chi connectivity index (χ0) is 7.98. The summed E-state index contributed by atoms with van der Waals surface area (Å²) in [5, 5.41) is 3.42. The molecule has 0 aromatic carbocycles. The molecule has 0 rings (SSSR count). The molecule has 0 fully saturated rings. The molecule has 62 valence electrons. The van der Waals surface area contributed by atoms with Crippen LogP contribution in [0.15, 0.2) is 0 Å². The van der Waals surface area contributed by atoms with E-state index in [1.807, 2.05) is 6.92 Å². The Kier molecular flexibility index (Phi) is 6.08. The van der Waals surface area contributed by atoms with Gasteiger partial charge in [-0.3, -0.25) is 0 Å². The lowest BCUT2D eigenvalue weighted by Crippen LogP contribution is -2.33. The molecule has 0 radical (unpaired) electrons. The monoisotopic (exact) mass is 165 g/mol. The topological polar surface area (TPSA) is 21.3 Å². The van der Waals surface area contributed by atoms with E-state index in [2.05, 4.69) is 12.2 Å². The minimum Gasteiger partial charge on any atom is -0.383 e. The highest BCUT2D eigenvalue weighted by Crippen LogP contribution is 1.91. The first-order valence-corrected chi connectivity index (χ1v) is 3.97. The Morgan fingerprint density at radius 1 is 1.50 bits per heavy atom. The van der Waals surface area contributed by atoms with Gasteiger partial charge in [0.15, 0.2) is 0 Å². The molecular weight excluding hydrogens is 150 g/mol. The van der Waals surface area contributed by atoms with Gasteiger partial charge in [0.2, 0.25) is 0 Å². The van der Waals surface area contributed by atoms with Crippen molar-refractivity contribution >= 4 is 11.6 Å². The van der Waals surface area contributed by atoms with Crippen molar-refractivity contribution < 1.29 is 4.74 Å². The van der Waals surface area contributed by atoms with Crippen LogP contribution in [0.3, 0.4) is 0 Å². The second-order valence-electron chi connectivity index (χ2n) is 2.55. The Labute approximate surface area is 67.9 Å². The third-order valence-corrected chi connectivity index (χ3v) is 1.32. The molecule has 0 aromatic rings. The van der Waals surface area contributed by atoms with E-state index in [0.717, 1.165) is 13.2 Å². The molecule has 0 bridgehead atoms. The van der Waals surface area contributed by atoms with Crippen LogP contribution in [0.2, 0.25) is 0 Å². The molecule has 2 nitrogen and oxygen atoms in total. The second-order valence-corrected chi connectivity index (χ2v) is 3.29. The number of halogens is 1. The minimum absolute atomic E-state index is 0.194. The summed E-state index contributed by atoms with van der Waals surface area (Å²) in [6, 6.07) is 0.395. The van der Waals surface area contributed by atoms with E-state index in [1.54, 1.807) is 7.11 Å². The third kappa shape index (κ3) is 6.33. The lowest BCUT2D eigenvalue weighted by molar-refractivity contribution is 0.172. The van der Waals surface area contributed by atoms with E-state index in [-0.39, 0.29) is 5.38 Å². The lowest BCUT2D eigenvalue weighted by atomic mass is 10.3. The SMILES string of the molecule is COCC(C)NCC(C)Cl. The van der Waals surface area contributed by atoms with Crippen LogP contribution in [0.1, 0.15) is 13.8 Å². The van der Waals surface area contributed by atoms with E-state index >= 15 is 0 Å². The van der Waals surface area contributed by atoms with Crippen molar-refractivity contribution in [2.24, 2.45) is 0 Å². The van der Waals surface area contributed by atoms with Gasteiger partial charge in [0.05, 0.1) is 6.61 Å². The predicted octanol–water partition coefficient (Wildman–Crippen LogP) is 1.24. The summed E-state index contributed by atoms with van der Waals surface area (Å²) in [6.45, 7) is 5.62. The summed E-state index contributed by atoms with van der Waals surface area (Å²) < 4.78 is 4.93. The Balaban J connectivity index is 3.12. The molecule has 0 spiro atoms. The number of ether oxygens (including phenoxy) is 1. The molecule has 0 aliphatic rings. The largest absolute Gasteiger partial charge is 0.383 e. The van der Waals surface area contributed by atoms with Gasteiger partial charge >= 0.3 is 0 Å². The van der Waals surface area contributed by atoms with E-state index in [9.17, 15) is 0 Å². The highest BCUT2D eigenvalue weighted by atomic mass is 35.5. The average molecular weight is 166 g/mol. The third-order valence-electron chi connectivity index (χ3n) is 1.16. The molecule has 10 heavy (non-hydrogen) atoms. The number of nitrogens with one attached hydrogen (secondary N) is 1. The van der Waals surface area contributed by atoms with Crippen LogP contribution in [-0.2, 0) is 4.74 Å². The van der Waals surface area contributed by atoms with Crippen LogP contribution in [0.5, 0.6) is 0 Å². The lowest BCUT2D eigenvalue weighted by Gasteiger charge is -2.12.